The molecular formula is C20H19ClN4O4S2. The van der Waals surface area contributed by atoms with Crippen molar-refractivity contribution in [2.45, 2.75) is 30.6 Å². The summed E-state index contributed by atoms with van der Waals surface area (Å²) < 4.78 is 12.6. The highest BCUT2D eigenvalue weighted by atomic mass is 35.5. The van der Waals surface area contributed by atoms with Gasteiger partial charge < -0.3 is 14.8 Å². The summed E-state index contributed by atoms with van der Waals surface area (Å²) in [5, 5.41) is 14.2. The molecule has 1 aliphatic rings. The molecule has 11 heteroatoms. The Morgan fingerprint density at radius 2 is 2.10 bits per heavy atom. The Kier molecular flexibility index (Phi) is 6.79. The molecule has 31 heavy (non-hydrogen) atoms. The number of methoxy groups -OCH3 is 1. The van der Waals surface area contributed by atoms with Crippen molar-refractivity contribution in [2.24, 2.45) is 0 Å². The molecule has 0 radical (unpaired) electrons. The second-order valence-electron chi connectivity index (χ2n) is 6.71. The average Bonchev–Trinajstić information content (AvgIpc) is 3.36. The van der Waals surface area contributed by atoms with E-state index in [2.05, 4.69) is 15.5 Å². The molecule has 0 bridgehead atoms. The van der Waals surface area contributed by atoms with Gasteiger partial charge in [0.25, 0.3) is 0 Å². The third kappa shape index (κ3) is 5.20. The quantitative estimate of drug-likeness (QED) is 0.359. The molecule has 1 amide bonds. The van der Waals surface area contributed by atoms with Gasteiger partial charge in [-0.2, -0.15) is 0 Å². The van der Waals surface area contributed by atoms with Gasteiger partial charge in [-0.1, -0.05) is 35.5 Å². The molecule has 0 spiro atoms. The number of halogens is 1. The molecule has 1 aliphatic carbocycles. The highest BCUT2D eigenvalue weighted by Gasteiger charge is 2.30. The first-order chi connectivity index (χ1) is 15.1. The lowest BCUT2D eigenvalue weighted by Gasteiger charge is -2.11. The number of amides is 1. The molecule has 1 fully saturated rings. The van der Waals surface area contributed by atoms with Gasteiger partial charge >= 0.3 is 5.97 Å². The number of nitrogens with zero attached hydrogens (tertiary/aromatic N) is 3. The fourth-order valence-corrected chi connectivity index (χ4v) is 4.66. The number of nitrogens with one attached hydrogen (secondary N) is 1. The Balaban J connectivity index is 1.39. The second kappa shape index (κ2) is 9.71. The number of hydrogen-bond acceptors (Lipinski definition) is 8. The van der Waals surface area contributed by atoms with E-state index in [-0.39, 0.29) is 18.3 Å². The van der Waals surface area contributed by atoms with Crippen LogP contribution in [0.3, 0.4) is 0 Å². The maximum Gasteiger partial charge on any atom is 0.350 e. The monoisotopic (exact) mass is 478 g/mol. The Hall–Kier alpha value is -2.56. The first kappa shape index (κ1) is 21.7. The van der Waals surface area contributed by atoms with E-state index in [0.29, 0.717) is 38.4 Å². The molecule has 4 rings (SSSR count). The summed E-state index contributed by atoms with van der Waals surface area (Å²) in [7, 11) is 1.31. The van der Waals surface area contributed by atoms with Crippen LogP contribution in [0.15, 0.2) is 40.9 Å². The normalized spacial score (nSPS) is 13.1. The van der Waals surface area contributed by atoms with Crippen molar-refractivity contribution in [3.63, 3.8) is 0 Å². The van der Waals surface area contributed by atoms with E-state index in [4.69, 9.17) is 21.1 Å². The molecule has 2 heterocycles. The predicted octanol–water partition coefficient (Wildman–Crippen LogP) is 4.42. The Labute approximate surface area is 191 Å². The molecule has 2 aromatic heterocycles. The fraction of sp³-hybridized carbons (Fsp3) is 0.300. The van der Waals surface area contributed by atoms with Crippen LogP contribution in [0.5, 0.6) is 5.75 Å². The van der Waals surface area contributed by atoms with Crippen LogP contribution in [-0.4, -0.2) is 39.5 Å². The number of aromatic nitrogens is 3. The number of rotatable bonds is 9. The molecule has 1 N–H and O–H groups in total. The number of benzene rings is 1. The lowest BCUT2D eigenvalue weighted by molar-refractivity contribution is -0.113. The third-order valence-corrected chi connectivity index (χ3v) is 6.63. The number of hydrogen-bond donors (Lipinski definition) is 1. The third-order valence-electron chi connectivity index (χ3n) is 4.48. The Morgan fingerprint density at radius 3 is 2.84 bits per heavy atom. The molecule has 0 saturated heterocycles. The molecule has 0 unspecified atom stereocenters. The van der Waals surface area contributed by atoms with Gasteiger partial charge in [0.05, 0.1) is 23.6 Å². The van der Waals surface area contributed by atoms with E-state index in [1.807, 2.05) is 16.7 Å². The van der Waals surface area contributed by atoms with Crippen LogP contribution in [-0.2, 0) is 16.1 Å². The molecule has 8 nitrogen and oxygen atoms in total. The molecule has 1 saturated carbocycles. The summed E-state index contributed by atoms with van der Waals surface area (Å²) >= 11 is 8.66. The van der Waals surface area contributed by atoms with Crippen molar-refractivity contribution < 1.29 is 19.1 Å². The highest BCUT2D eigenvalue weighted by Crippen LogP contribution is 2.39. The minimum atomic E-state index is -0.477. The van der Waals surface area contributed by atoms with Crippen molar-refractivity contribution in [1.82, 2.24) is 14.8 Å². The maximum absolute atomic E-state index is 12.4. The summed E-state index contributed by atoms with van der Waals surface area (Å²) in [6.07, 6.45) is 2.07. The van der Waals surface area contributed by atoms with E-state index in [1.165, 1.54) is 30.2 Å². The highest BCUT2D eigenvalue weighted by molar-refractivity contribution is 7.99. The van der Waals surface area contributed by atoms with Crippen molar-refractivity contribution >= 4 is 52.3 Å². The number of carbonyl (C=O) groups excluding carboxylic acids is 2. The summed E-state index contributed by atoms with van der Waals surface area (Å²) in [5.74, 6) is 0.686. The van der Waals surface area contributed by atoms with E-state index in [0.717, 1.165) is 12.8 Å². The van der Waals surface area contributed by atoms with Crippen LogP contribution in [0.25, 0.3) is 0 Å². The zero-order chi connectivity index (χ0) is 21.8. The summed E-state index contributed by atoms with van der Waals surface area (Å²) in [5.41, 5.74) is 0.444. The van der Waals surface area contributed by atoms with Crippen molar-refractivity contribution in [3.8, 4) is 5.75 Å². The van der Waals surface area contributed by atoms with Crippen molar-refractivity contribution in [2.75, 3.05) is 18.2 Å². The number of thioether (sulfide) groups is 1. The number of ether oxygens (including phenoxy) is 2. The molecule has 3 aromatic rings. The molecule has 1 aromatic carbocycles. The number of esters is 1. The van der Waals surface area contributed by atoms with E-state index < -0.39 is 5.97 Å². The summed E-state index contributed by atoms with van der Waals surface area (Å²) in [4.78, 5) is 24.5. The topological polar surface area (TPSA) is 95.3 Å². The smallest absolute Gasteiger partial charge is 0.350 e. The van der Waals surface area contributed by atoms with Crippen LogP contribution in [0.2, 0.25) is 5.02 Å². The second-order valence-corrected chi connectivity index (χ2v) is 8.98. The largest absolute Gasteiger partial charge is 0.484 e. The van der Waals surface area contributed by atoms with Crippen molar-refractivity contribution in [1.29, 1.82) is 0 Å². The molecular weight excluding hydrogens is 460 g/mol. The van der Waals surface area contributed by atoms with Gasteiger partial charge in [-0.05, 0) is 36.4 Å². The van der Waals surface area contributed by atoms with Crippen LogP contribution in [0.4, 0.5) is 5.69 Å². The molecule has 0 atom stereocenters. The van der Waals surface area contributed by atoms with E-state index in [1.54, 1.807) is 23.6 Å². The van der Waals surface area contributed by atoms with Gasteiger partial charge in [0.15, 0.2) is 11.0 Å². The van der Waals surface area contributed by atoms with Gasteiger partial charge in [0.1, 0.15) is 17.2 Å². The van der Waals surface area contributed by atoms with Crippen LogP contribution in [0.1, 0.15) is 34.4 Å². The van der Waals surface area contributed by atoms with Gasteiger partial charge in [0, 0.05) is 6.04 Å². The van der Waals surface area contributed by atoms with E-state index >= 15 is 0 Å². The van der Waals surface area contributed by atoms with Gasteiger partial charge in [-0.15, -0.1) is 21.5 Å². The number of anilines is 1. The SMILES string of the molecule is COC(=O)c1sccc1NC(=O)CSc1nnc(COc2ccccc2Cl)n1C1CC1. The molecule has 162 valence electrons. The number of carbonyl (C=O) groups is 2. The Morgan fingerprint density at radius 1 is 1.29 bits per heavy atom. The standard InChI is InChI=1S/C20H19ClN4O4S2/c1-28-19(27)18-14(8-9-30-18)22-17(26)11-31-20-24-23-16(25(20)12-6-7-12)10-29-15-5-3-2-4-13(15)21/h2-5,8-9,12H,6-7,10-11H2,1H3,(H,22,26). The molecule has 0 aliphatic heterocycles. The Bertz CT molecular complexity index is 1100. The van der Waals surface area contributed by atoms with Gasteiger partial charge in [-0.25, -0.2) is 4.79 Å². The van der Waals surface area contributed by atoms with Gasteiger partial charge in [-0.3, -0.25) is 9.36 Å². The maximum atomic E-state index is 12.4. The lowest BCUT2D eigenvalue weighted by Crippen LogP contribution is -2.16. The van der Waals surface area contributed by atoms with E-state index in [9.17, 15) is 9.59 Å². The minimum Gasteiger partial charge on any atom is -0.484 e. The summed E-state index contributed by atoms with van der Waals surface area (Å²) in [6, 6.07) is 9.25. The zero-order valence-electron chi connectivity index (χ0n) is 16.5. The predicted molar refractivity (Wildman–Crippen MR) is 119 cm³/mol. The fourth-order valence-electron chi connectivity index (χ4n) is 2.88. The summed E-state index contributed by atoms with van der Waals surface area (Å²) in [6.45, 7) is 0.234. The van der Waals surface area contributed by atoms with Crippen LogP contribution in [0, 0.1) is 0 Å². The number of para-hydroxylation sites is 1. The average molecular weight is 479 g/mol. The minimum absolute atomic E-state index is 0.132. The van der Waals surface area contributed by atoms with Gasteiger partial charge in [0.2, 0.25) is 5.91 Å². The lowest BCUT2D eigenvalue weighted by atomic mass is 10.3. The zero-order valence-corrected chi connectivity index (χ0v) is 18.9. The van der Waals surface area contributed by atoms with Crippen LogP contribution < -0.4 is 10.1 Å². The first-order valence-corrected chi connectivity index (χ1v) is 11.7. The van der Waals surface area contributed by atoms with Crippen molar-refractivity contribution in [3.05, 3.63) is 51.4 Å². The number of thiophene rings is 1. The van der Waals surface area contributed by atoms with Crippen LogP contribution >= 0.6 is 34.7 Å². The first-order valence-electron chi connectivity index (χ1n) is 9.46.